The minimum absolute atomic E-state index is 0.182. The average Bonchev–Trinajstić information content (AvgIpc) is 2.96. The molecule has 0 aromatic heterocycles. The smallest absolute Gasteiger partial charge is 0.00172 e. The van der Waals surface area contributed by atoms with E-state index >= 15 is 0 Å². The standard InChI is InChI=1S/C24H26/c1-17(2)21-15-20-12-11-19(13-22(20)16-21)10-9-18-7-6-8-23(14-18)24(3,4)5/h6-14,16H,1,15H2,2-5H3/b10-9+. The predicted octanol–water partition coefficient (Wildman–Crippen LogP) is 6.67. The lowest BCUT2D eigenvalue weighted by atomic mass is 9.86. The number of rotatable bonds is 3. The van der Waals surface area contributed by atoms with Crippen molar-refractivity contribution in [1.82, 2.24) is 0 Å². The summed E-state index contributed by atoms with van der Waals surface area (Å²) in [6.45, 7) is 12.9. The highest BCUT2D eigenvalue weighted by molar-refractivity contribution is 5.74. The molecule has 0 atom stereocenters. The molecule has 0 heterocycles. The maximum Gasteiger partial charge on any atom is -0.00172 e. The first-order valence-corrected chi connectivity index (χ1v) is 8.61. The largest absolute Gasteiger partial charge is 0.0958 e. The summed E-state index contributed by atoms with van der Waals surface area (Å²) in [6, 6.07) is 15.5. The Labute approximate surface area is 146 Å². The van der Waals surface area contributed by atoms with Gasteiger partial charge in [-0.15, -0.1) is 0 Å². The van der Waals surface area contributed by atoms with Crippen LogP contribution in [0.5, 0.6) is 0 Å². The number of fused-ring (bicyclic) bond motifs is 1. The second-order valence-electron chi connectivity index (χ2n) is 7.79. The molecule has 0 bridgehead atoms. The van der Waals surface area contributed by atoms with Crippen LogP contribution in [0.15, 0.2) is 60.2 Å². The van der Waals surface area contributed by atoms with Gasteiger partial charge in [-0.2, -0.15) is 0 Å². The van der Waals surface area contributed by atoms with Gasteiger partial charge in [-0.25, -0.2) is 0 Å². The van der Waals surface area contributed by atoms with Crippen LogP contribution in [0.2, 0.25) is 0 Å². The summed E-state index contributed by atoms with van der Waals surface area (Å²) >= 11 is 0. The van der Waals surface area contributed by atoms with E-state index in [0.717, 1.165) is 6.42 Å². The lowest BCUT2D eigenvalue weighted by Gasteiger charge is -2.19. The monoisotopic (exact) mass is 314 g/mol. The van der Waals surface area contributed by atoms with Crippen molar-refractivity contribution in [2.75, 3.05) is 0 Å². The quantitative estimate of drug-likeness (QED) is 0.555. The van der Waals surface area contributed by atoms with Crippen molar-refractivity contribution in [2.24, 2.45) is 0 Å². The molecule has 0 heteroatoms. The maximum absolute atomic E-state index is 4.06. The molecule has 122 valence electrons. The van der Waals surface area contributed by atoms with E-state index in [4.69, 9.17) is 0 Å². The third kappa shape index (κ3) is 3.59. The predicted molar refractivity (Wildman–Crippen MR) is 107 cm³/mol. The summed E-state index contributed by atoms with van der Waals surface area (Å²) in [7, 11) is 0. The average molecular weight is 314 g/mol. The normalized spacial score (nSPS) is 13.9. The molecule has 0 saturated carbocycles. The van der Waals surface area contributed by atoms with Gasteiger partial charge in [-0.05, 0) is 58.2 Å². The van der Waals surface area contributed by atoms with Crippen molar-refractivity contribution < 1.29 is 0 Å². The van der Waals surface area contributed by atoms with E-state index in [-0.39, 0.29) is 5.41 Å². The topological polar surface area (TPSA) is 0 Å². The highest BCUT2D eigenvalue weighted by atomic mass is 14.2. The molecule has 0 fully saturated rings. The van der Waals surface area contributed by atoms with Crippen molar-refractivity contribution in [3.8, 4) is 0 Å². The summed E-state index contributed by atoms with van der Waals surface area (Å²) < 4.78 is 0. The zero-order valence-corrected chi connectivity index (χ0v) is 15.2. The van der Waals surface area contributed by atoms with E-state index in [1.54, 1.807) is 0 Å². The molecule has 0 spiro atoms. The van der Waals surface area contributed by atoms with Gasteiger partial charge in [0.25, 0.3) is 0 Å². The first-order chi connectivity index (χ1) is 11.3. The second-order valence-corrected chi connectivity index (χ2v) is 7.79. The summed E-state index contributed by atoms with van der Waals surface area (Å²) in [5.74, 6) is 0. The van der Waals surface area contributed by atoms with Crippen LogP contribution in [0.25, 0.3) is 18.2 Å². The zero-order chi connectivity index (χ0) is 17.3. The molecular weight excluding hydrogens is 288 g/mol. The van der Waals surface area contributed by atoms with Crippen LogP contribution in [-0.2, 0) is 11.8 Å². The minimum atomic E-state index is 0.182. The lowest BCUT2D eigenvalue weighted by Crippen LogP contribution is -2.10. The molecule has 2 aromatic rings. The molecule has 0 saturated heterocycles. The van der Waals surface area contributed by atoms with Gasteiger partial charge >= 0.3 is 0 Å². The van der Waals surface area contributed by atoms with E-state index in [1.165, 1.54) is 39.0 Å². The Kier molecular flexibility index (Phi) is 4.32. The Balaban J connectivity index is 1.84. The highest BCUT2D eigenvalue weighted by Gasteiger charge is 2.14. The molecule has 0 amide bonds. The maximum atomic E-state index is 4.06. The van der Waals surface area contributed by atoms with E-state index in [1.807, 2.05) is 0 Å². The van der Waals surface area contributed by atoms with Crippen LogP contribution in [0.3, 0.4) is 0 Å². The molecule has 1 aliphatic rings. The molecule has 24 heavy (non-hydrogen) atoms. The molecular formula is C24H26. The molecule has 0 radical (unpaired) electrons. The van der Waals surface area contributed by atoms with Crippen molar-refractivity contribution in [2.45, 2.75) is 39.5 Å². The Morgan fingerprint density at radius 1 is 1.00 bits per heavy atom. The van der Waals surface area contributed by atoms with E-state index in [0.29, 0.717) is 0 Å². The molecule has 3 rings (SSSR count). The molecule has 0 aliphatic heterocycles. The van der Waals surface area contributed by atoms with E-state index in [9.17, 15) is 0 Å². The van der Waals surface area contributed by atoms with Crippen molar-refractivity contribution >= 4 is 18.2 Å². The molecule has 0 unspecified atom stereocenters. The van der Waals surface area contributed by atoms with E-state index in [2.05, 4.69) is 95.0 Å². The van der Waals surface area contributed by atoms with Crippen molar-refractivity contribution in [1.29, 1.82) is 0 Å². The molecule has 0 N–H and O–H groups in total. The zero-order valence-electron chi connectivity index (χ0n) is 15.2. The van der Waals surface area contributed by atoms with Gasteiger partial charge in [0.15, 0.2) is 0 Å². The minimum Gasteiger partial charge on any atom is -0.0958 e. The van der Waals surface area contributed by atoms with Gasteiger partial charge in [0.05, 0.1) is 0 Å². The fourth-order valence-electron chi connectivity index (χ4n) is 3.03. The summed E-state index contributed by atoms with van der Waals surface area (Å²) in [5, 5.41) is 0. The number of hydrogen-bond acceptors (Lipinski definition) is 0. The van der Waals surface area contributed by atoms with Crippen molar-refractivity contribution in [3.63, 3.8) is 0 Å². The first kappa shape index (κ1) is 16.5. The molecule has 1 aliphatic carbocycles. The Hall–Kier alpha value is -2.34. The van der Waals surface area contributed by atoms with Gasteiger partial charge in [0.2, 0.25) is 0 Å². The van der Waals surface area contributed by atoms with Crippen molar-refractivity contribution in [3.05, 3.63) is 88.0 Å². The summed E-state index contributed by atoms with van der Waals surface area (Å²) in [5.41, 5.74) is 9.30. The summed E-state index contributed by atoms with van der Waals surface area (Å²) in [6.07, 6.45) is 7.70. The fraction of sp³-hybridized carbons (Fsp3) is 0.250. The van der Waals surface area contributed by atoms with Crippen LogP contribution < -0.4 is 0 Å². The Bertz CT molecular complexity index is 839. The Morgan fingerprint density at radius 2 is 1.71 bits per heavy atom. The van der Waals surface area contributed by atoms with Crippen LogP contribution in [0.4, 0.5) is 0 Å². The van der Waals surface area contributed by atoms with Crippen LogP contribution >= 0.6 is 0 Å². The SMILES string of the molecule is C=C(C)C1=Cc2cc(/C=C/c3cccc(C(C)(C)C)c3)ccc2C1. The first-order valence-electron chi connectivity index (χ1n) is 8.61. The number of hydrogen-bond donors (Lipinski definition) is 0. The van der Waals surface area contributed by atoms with Crippen LogP contribution in [0.1, 0.15) is 55.5 Å². The summed E-state index contributed by atoms with van der Waals surface area (Å²) in [4.78, 5) is 0. The van der Waals surface area contributed by atoms with Gasteiger partial charge in [-0.1, -0.05) is 87.5 Å². The Morgan fingerprint density at radius 3 is 2.38 bits per heavy atom. The molecule has 0 nitrogen and oxygen atoms in total. The number of allylic oxidation sites excluding steroid dienone is 2. The third-order valence-electron chi connectivity index (χ3n) is 4.65. The van der Waals surface area contributed by atoms with Gasteiger partial charge < -0.3 is 0 Å². The van der Waals surface area contributed by atoms with Crippen LogP contribution in [-0.4, -0.2) is 0 Å². The lowest BCUT2D eigenvalue weighted by molar-refractivity contribution is 0.590. The van der Waals surface area contributed by atoms with Gasteiger partial charge in [0.1, 0.15) is 0 Å². The van der Waals surface area contributed by atoms with E-state index < -0.39 is 0 Å². The van der Waals surface area contributed by atoms with Crippen LogP contribution in [0, 0.1) is 0 Å². The number of benzene rings is 2. The van der Waals surface area contributed by atoms with Gasteiger partial charge in [-0.3, -0.25) is 0 Å². The second kappa shape index (κ2) is 6.28. The molecule has 2 aromatic carbocycles. The third-order valence-corrected chi connectivity index (χ3v) is 4.65. The fourth-order valence-corrected chi connectivity index (χ4v) is 3.03. The van der Waals surface area contributed by atoms with Gasteiger partial charge in [0, 0.05) is 0 Å². The highest BCUT2D eigenvalue weighted by Crippen LogP contribution is 2.30.